The zero-order valence-electron chi connectivity index (χ0n) is 18.8. The zero-order valence-corrected chi connectivity index (χ0v) is 19.7. The van der Waals surface area contributed by atoms with Crippen LogP contribution in [0.4, 0.5) is 5.69 Å². The van der Waals surface area contributed by atoms with Crippen molar-refractivity contribution in [2.75, 3.05) is 24.9 Å². The number of carbonyl (C=O) groups excluding carboxylic acids is 2. The van der Waals surface area contributed by atoms with Crippen LogP contribution in [0.3, 0.4) is 0 Å². The standard InChI is InChI=1S/C24H27N3O4S/c1-24(2,3)26-21(28)15-32-23-25-20(13-16-9-11-18(30-4)12-10-16)22(29)27(23)17-7-6-8-19(14-17)31-5/h6-14H,15H2,1-5H3,(H,26,28)/b20-13-. The van der Waals surface area contributed by atoms with E-state index in [2.05, 4.69) is 10.3 Å². The number of anilines is 1. The van der Waals surface area contributed by atoms with E-state index in [1.807, 2.05) is 51.1 Å². The number of rotatable bonds is 6. The number of nitrogens with one attached hydrogen (secondary N) is 1. The SMILES string of the molecule is COc1ccc(/C=C2\N=C(SCC(=O)NC(C)(C)C)N(c3cccc(OC)c3)C2=O)cc1. The summed E-state index contributed by atoms with van der Waals surface area (Å²) in [5.74, 6) is 1.09. The second kappa shape index (κ2) is 9.91. The second-order valence-electron chi connectivity index (χ2n) is 8.13. The number of thioether (sulfide) groups is 1. The van der Waals surface area contributed by atoms with Crippen LogP contribution in [0.25, 0.3) is 6.08 Å². The lowest BCUT2D eigenvalue weighted by molar-refractivity contribution is -0.120. The Morgan fingerprint density at radius 3 is 2.41 bits per heavy atom. The van der Waals surface area contributed by atoms with Crippen LogP contribution in [-0.4, -0.2) is 42.5 Å². The molecule has 7 nitrogen and oxygen atoms in total. The van der Waals surface area contributed by atoms with Gasteiger partial charge in [-0.2, -0.15) is 0 Å². The first-order valence-corrected chi connectivity index (χ1v) is 11.1. The molecule has 0 saturated heterocycles. The molecule has 1 aliphatic heterocycles. The summed E-state index contributed by atoms with van der Waals surface area (Å²) in [6.45, 7) is 5.76. The Morgan fingerprint density at radius 1 is 1.09 bits per heavy atom. The second-order valence-corrected chi connectivity index (χ2v) is 9.07. The molecule has 2 aromatic rings. The maximum Gasteiger partial charge on any atom is 0.283 e. The van der Waals surface area contributed by atoms with Crippen molar-refractivity contribution in [3.05, 3.63) is 59.8 Å². The number of amides is 2. The average molecular weight is 454 g/mol. The highest BCUT2D eigenvalue weighted by atomic mass is 32.2. The summed E-state index contributed by atoms with van der Waals surface area (Å²) < 4.78 is 10.5. The fourth-order valence-electron chi connectivity index (χ4n) is 3.01. The highest BCUT2D eigenvalue weighted by molar-refractivity contribution is 8.14. The number of hydrogen-bond donors (Lipinski definition) is 1. The molecule has 3 rings (SSSR count). The van der Waals surface area contributed by atoms with Crippen LogP contribution in [0.1, 0.15) is 26.3 Å². The van der Waals surface area contributed by atoms with Gasteiger partial charge in [0.15, 0.2) is 5.17 Å². The Labute approximate surface area is 192 Å². The minimum atomic E-state index is -0.336. The fraction of sp³-hybridized carbons (Fsp3) is 0.292. The monoisotopic (exact) mass is 453 g/mol. The normalized spacial score (nSPS) is 15.0. The molecule has 0 atom stereocenters. The summed E-state index contributed by atoms with van der Waals surface area (Å²) in [6.07, 6.45) is 1.72. The Kier molecular flexibility index (Phi) is 7.25. The number of benzene rings is 2. The van der Waals surface area contributed by atoms with Crippen LogP contribution in [0.2, 0.25) is 0 Å². The van der Waals surface area contributed by atoms with Crippen LogP contribution in [0.15, 0.2) is 59.2 Å². The van der Waals surface area contributed by atoms with Crippen LogP contribution < -0.4 is 19.7 Å². The smallest absolute Gasteiger partial charge is 0.283 e. The van der Waals surface area contributed by atoms with Crippen molar-refractivity contribution in [3.8, 4) is 11.5 Å². The van der Waals surface area contributed by atoms with Gasteiger partial charge >= 0.3 is 0 Å². The van der Waals surface area contributed by atoms with Gasteiger partial charge in [-0.3, -0.25) is 14.5 Å². The molecule has 32 heavy (non-hydrogen) atoms. The number of carbonyl (C=O) groups is 2. The van der Waals surface area contributed by atoms with E-state index < -0.39 is 0 Å². The van der Waals surface area contributed by atoms with Crippen molar-refractivity contribution < 1.29 is 19.1 Å². The van der Waals surface area contributed by atoms with E-state index in [-0.39, 0.29) is 28.8 Å². The molecule has 8 heteroatoms. The van der Waals surface area contributed by atoms with Gasteiger partial charge in [-0.05, 0) is 56.7 Å². The van der Waals surface area contributed by atoms with Crippen molar-refractivity contribution in [1.29, 1.82) is 0 Å². The predicted octanol–water partition coefficient (Wildman–Crippen LogP) is 4.10. The van der Waals surface area contributed by atoms with Crippen LogP contribution in [0, 0.1) is 0 Å². The van der Waals surface area contributed by atoms with E-state index in [0.717, 1.165) is 11.3 Å². The van der Waals surface area contributed by atoms with Gasteiger partial charge in [0, 0.05) is 11.6 Å². The van der Waals surface area contributed by atoms with E-state index in [9.17, 15) is 9.59 Å². The minimum Gasteiger partial charge on any atom is -0.497 e. The summed E-state index contributed by atoms with van der Waals surface area (Å²) in [6, 6.07) is 14.5. The highest BCUT2D eigenvalue weighted by Gasteiger charge is 2.32. The highest BCUT2D eigenvalue weighted by Crippen LogP contribution is 2.31. The largest absolute Gasteiger partial charge is 0.497 e. The first-order chi connectivity index (χ1) is 15.2. The Hall–Kier alpha value is -3.26. The minimum absolute atomic E-state index is 0.129. The van der Waals surface area contributed by atoms with E-state index in [1.165, 1.54) is 16.7 Å². The molecule has 0 saturated carbocycles. The van der Waals surface area contributed by atoms with E-state index in [4.69, 9.17) is 9.47 Å². The molecule has 168 valence electrons. The zero-order chi connectivity index (χ0) is 23.3. The molecule has 2 amide bonds. The number of hydrogen-bond acceptors (Lipinski definition) is 6. The average Bonchev–Trinajstić information content (AvgIpc) is 3.06. The number of nitrogens with zero attached hydrogens (tertiary/aromatic N) is 2. The fourth-order valence-corrected chi connectivity index (χ4v) is 3.83. The topological polar surface area (TPSA) is 80.2 Å². The molecule has 0 bridgehead atoms. The van der Waals surface area contributed by atoms with Gasteiger partial charge in [-0.15, -0.1) is 0 Å². The van der Waals surface area contributed by atoms with Crippen LogP contribution in [-0.2, 0) is 9.59 Å². The van der Waals surface area contributed by atoms with Crippen molar-refractivity contribution in [2.45, 2.75) is 26.3 Å². The third kappa shape index (κ3) is 5.91. The summed E-state index contributed by atoms with van der Waals surface area (Å²) in [5, 5.41) is 3.36. The Bertz CT molecular complexity index is 1060. The molecular formula is C24H27N3O4S. The summed E-state index contributed by atoms with van der Waals surface area (Å²) >= 11 is 1.21. The third-order valence-corrected chi connectivity index (χ3v) is 5.35. The maximum absolute atomic E-state index is 13.3. The van der Waals surface area contributed by atoms with Gasteiger partial charge in [0.1, 0.15) is 17.2 Å². The molecular weight excluding hydrogens is 426 g/mol. The first kappa shape index (κ1) is 23.4. The van der Waals surface area contributed by atoms with Gasteiger partial charge in [0.25, 0.3) is 5.91 Å². The van der Waals surface area contributed by atoms with Gasteiger partial charge in [-0.1, -0.05) is 30.0 Å². The molecule has 0 fully saturated rings. The van der Waals surface area contributed by atoms with Gasteiger partial charge in [0.2, 0.25) is 5.91 Å². The molecule has 0 radical (unpaired) electrons. The van der Waals surface area contributed by atoms with Crippen molar-refractivity contribution in [3.63, 3.8) is 0 Å². The number of amidine groups is 1. The van der Waals surface area contributed by atoms with Gasteiger partial charge in [0.05, 0.1) is 25.7 Å². The van der Waals surface area contributed by atoms with Crippen molar-refractivity contribution >= 4 is 40.5 Å². The molecule has 0 aliphatic carbocycles. The summed E-state index contributed by atoms with van der Waals surface area (Å²) in [4.78, 5) is 31.7. The van der Waals surface area contributed by atoms with Gasteiger partial charge in [-0.25, -0.2) is 4.99 Å². The number of aliphatic imine (C=N–C) groups is 1. The molecule has 1 heterocycles. The Balaban J connectivity index is 1.91. The lowest BCUT2D eigenvalue weighted by Gasteiger charge is -2.21. The number of methoxy groups -OCH3 is 2. The van der Waals surface area contributed by atoms with E-state index >= 15 is 0 Å². The third-order valence-electron chi connectivity index (χ3n) is 4.41. The molecule has 0 aromatic heterocycles. The first-order valence-electron chi connectivity index (χ1n) is 10.1. The molecule has 0 unspecified atom stereocenters. The lowest BCUT2D eigenvalue weighted by Crippen LogP contribution is -2.42. The quantitative estimate of drug-likeness (QED) is 0.667. The Morgan fingerprint density at radius 2 is 1.78 bits per heavy atom. The van der Waals surface area contributed by atoms with Crippen molar-refractivity contribution in [1.82, 2.24) is 5.32 Å². The van der Waals surface area contributed by atoms with E-state index in [0.29, 0.717) is 16.6 Å². The van der Waals surface area contributed by atoms with Crippen molar-refractivity contribution in [2.24, 2.45) is 4.99 Å². The lowest BCUT2D eigenvalue weighted by atomic mass is 10.1. The number of ether oxygens (including phenoxy) is 2. The molecule has 2 aromatic carbocycles. The van der Waals surface area contributed by atoms with Gasteiger partial charge < -0.3 is 14.8 Å². The van der Waals surface area contributed by atoms with E-state index in [1.54, 1.807) is 38.5 Å². The summed E-state index contributed by atoms with van der Waals surface area (Å²) in [7, 11) is 3.17. The van der Waals surface area contributed by atoms with Crippen LogP contribution in [0.5, 0.6) is 11.5 Å². The molecule has 1 N–H and O–H groups in total. The van der Waals surface area contributed by atoms with Crippen LogP contribution >= 0.6 is 11.8 Å². The maximum atomic E-state index is 13.3. The molecule has 1 aliphatic rings. The predicted molar refractivity (Wildman–Crippen MR) is 129 cm³/mol. The molecule has 0 spiro atoms. The summed E-state index contributed by atoms with van der Waals surface area (Å²) in [5.41, 5.74) is 1.39.